The highest BCUT2D eigenvalue weighted by Crippen LogP contribution is 2.28. The van der Waals surface area contributed by atoms with Crippen molar-refractivity contribution in [2.45, 2.75) is 115 Å². The van der Waals surface area contributed by atoms with E-state index in [2.05, 4.69) is 45.6 Å². The van der Waals surface area contributed by atoms with Gasteiger partial charge in [-0.25, -0.2) is 0 Å². The smallest absolute Gasteiger partial charge is 0.258 e. The predicted molar refractivity (Wildman–Crippen MR) is 207 cm³/mol. The van der Waals surface area contributed by atoms with E-state index in [-0.39, 0.29) is 31.8 Å². The number of carbonyl (C=O) groups is 6. The number of epoxide rings is 1. The van der Waals surface area contributed by atoms with Gasteiger partial charge in [0.25, 0.3) is 11.8 Å². The lowest BCUT2D eigenvalue weighted by atomic mass is 10.0. The van der Waals surface area contributed by atoms with Crippen LogP contribution in [0.25, 0.3) is 11.1 Å². The molecule has 2 aromatic rings. The Balaban J connectivity index is 1.61. The fraction of sp³-hybridized carbons (Fsp3) is 0.538. The summed E-state index contributed by atoms with van der Waals surface area (Å²) in [5, 5.41) is 22.8. The molecule has 0 saturated carbocycles. The molecule has 16 heteroatoms. The minimum absolute atomic E-state index is 0.0141. The van der Waals surface area contributed by atoms with E-state index < -0.39 is 71.6 Å². The second-order valence-electron chi connectivity index (χ2n) is 14.2. The van der Waals surface area contributed by atoms with Gasteiger partial charge in [0.2, 0.25) is 17.7 Å². The van der Waals surface area contributed by atoms with Gasteiger partial charge in [0.15, 0.2) is 11.9 Å². The van der Waals surface area contributed by atoms with E-state index in [1.807, 2.05) is 24.3 Å². The number of hydrogen-bond donors (Lipinski definition) is 9. The Kier molecular flexibility index (Phi) is 17.4. The van der Waals surface area contributed by atoms with Crippen LogP contribution in [-0.2, 0) is 35.1 Å². The van der Waals surface area contributed by atoms with E-state index in [4.69, 9.17) is 21.9 Å². The average molecular weight is 767 g/mol. The van der Waals surface area contributed by atoms with Gasteiger partial charge in [-0.05, 0) is 101 Å². The Morgan fingerprint density at radius 1 is 0.745 bits per heavy atom. The Morgan fingerprint density at radius 3 is 1.87 bits per heavy atom. The first-order chi connectivity index (χ1) is 26.1. The van der Waals surface area contributed by atoms with E-state index in [9.17, 15) is 33.9 Å². The first-order valence-electron chi connectivity index (χ1n) is 18.9. The quantitative estimate of drug-likeness (QED) is 0.0409. The van der Waals surface area contributed by atoms with Crippen molar-refractivity contribution < 1.29 is 38.6 Å². The Morgan fingerprint density at radius 2 is 1.33 bits per heavy atom. The van der Waals surface area contributed by atoms with Crippen LogP contribution in [0.15, 0.2) is 48.5 Å². The first kappa shape index (κ1) is 44.7. The van der Waals surface area contributed by atoms with Crippen molar-refractivity contribution >= 4 is 35.3 Å². The minimum Gasteiger partial charge on any atom is -0.391 e. The number of rotatable bonds is 23. The van der Waals surface area contributed by atoms with E-state index >= 15 is 0 Å². The third kappa shape index (κ3) is 13.5. The van der Waals surface area contributed by atoms with Gasteiger partial charge in [0.05, 0.1) is 18.8 Å². The second kappa shape index (κ2) is 21.4. The van der Waals surface area contributed by atoms with Gasteiger partial charge >= 0.3 is 0 Å². The van der Waals surface area contributed by atoms with Crippen LogP contribution >= 0.6 is 0 Å². The fourth-order valence-electron chi connectivity index (χ4n) is 5.81. The number of aryl methyl sites for hydroxylation is 1. The van der Waals surface area contributed by atoms with Crippen molar-refractivity contribution in [3.8, 4) is 11.1 Å². The molecule has 55 heavy (non-hydrogen) atoms. The van der Waals surface area contributed by atoms with Crippen LogP contribution in [-0.4, -0.2) is 102 Å². The number of nitrogens with one attached hydrogen (secondary N) is 5. The highest BCUT2D eigenvalue weighted by atomic mass is 16.6. The number of aliphatic hydroxyl groups excluding tert-OH is 1. The van der Waals surface area contributed by atoms with Crippen molar-refractivity contribution in [3.05, 3.63) is 59.7 Å². The molecule has 0 aromatic heterocycles. The zero-order chi connectivity index (χ0) is 40.7. The normalized spacial score (nSPS) is 18.0. The van der Waals surface area contributed by atoms with Gasteiger partial charge in [0.1, 0.15) is 23.7 Å². The van der Waals surface area contributed by atoms with Crippen LogP contribution in [0.5, 0.6) is 0 Å². The van der Waals surface area contributed by atoms with Gasteiger partial charge in [-0.1, -0.05) is 49.7 Å². The van der Waals surface area contributed by atoms with Crippen molar-refractivity contribution in [2.75, 3.05) is 19.7 Å². The maximum absolute atomic E-state index is 13.4. The number of hydrogen-bond acceptors (Lipinski definition) is 11. The maximum Gasteiger partial charge on any atom is 0.258 e. The molecular weight excluding hydrogens is 708 g/mol. The molecule has 3 rings (SSSR count). The molecule has 2 aromatic carbocycles. The highest BCUT2D eigenvalue weighted by molar-refractivity contribution is 6.00. The van der Waals surface area contributed by atoms with E-state index in [0.29, 0.717) is 24.9 Å². The molecular formula is C39H58N8O8. The van der Waals surface area contributed by atoms with Crippen molar-refractivity contribution in [1.29, 1.82) is 0 Å². The Bertz CT molecular complexity index is 1610. The molecule has 0 spiro atoms. The summed E-state index contributed by atoms with van der Waals surface area (Å²) in [6.07, 6.45) is 1.31. The number of Topliss-reactive ketones (excluding diaryl/α,β-unsaturated/α-hetero) is 1. The predicted octanol–water partition coefficient (Wildman–Crippen LogP) is -0.113. The lowest BCUT2D eigenvalue weighted by Gasteiger charge is -2.26. The van der Waals surface area contributed by atoms with Crippen molar-refractivity contribution in [1.82, 2.24) is 26.6 Å². The number of carbonyl (C=O) groups excluding carboxylic acids is 6. The number of ether oxygens (including phenoxy) is 1. The number of benzene rings is 2. The summed E-state index contributed by atoms with van der Waals surface area (Å²) in [6.45, 7) is 7.15. The Labute approximate surface area is 322 Å². The molecule has 0 bridgehead atoms. The number of amides is 5. The number of aliphatic hydroxyl groups is 1. The molecule has 1 aliphatic heterocycles. The standard InChI is InChI=1S/C39H58N8O8/c1-5-6-9-25-11-13-26(14-12-25)27-15-17-28(18-16-27)34(50)44-30(19-21-41)36(52)46-31(24(3)48)37(53)47-33(42)38(54)45-29(10-7-8-20-40)35(51)43-23(2)32(49)39(4)22-55-39/h11-18,23-24,29-31,33,48H,5-10,19-22,40-42H2,1-4H3,(H,43,51)(H,44,50)(H,45,54)(H,46,52)(H,47,53)/t23-,24+,29-,30-,31-,33+,39?/m0/s1. The van der Waals surface area contributed by atoms with Gasteiger partial charge in [-0.2, -0.15) is 0 Å². The molecule has 7 atom stereocenters. The zero-order valence-corrected chi connectivity index (χ0v) is 32.2. The van der Waals surface area contributed by atoms with Crippen LogP contribution in [0.4, 0.5) is 0 Å². The van der Waals surface area contributed by atoms with Crippen LogP contribution in [0.3, 0.4) is 0 Å². The topological polar surface area (TPSA) is 273 Å². The molecule has 12 N–H and O–H groups in total. The summed E-state index contributed by atoms with van der Waals surface area (Å²) >= 11 is 0. The van der Waals surface area contributed by atoms with Crippen LogP contribution in [0.2, 0.25) is 0 Å². The van der Waals surface area contributed by atoms with Gasteiger partial charge in [0, 0.05) is 5.56 Å². The molecule has 1 unspecified atom stereocenters. The fourth-order valence-corrected chi connectivity index (χ4v) is 5.81. The SMILES string of the molecule is CCCCc1ccc(-c2ccc(C(=O)N[C@@H](CCN)C(=O)N[C@H](C(=O)N[C@@H](N)C(=O)N[C@@H](CCCCN)C(=O)N[C@@H](C)C(=O)C3(C)CO3)[C@@H](C)O)cc2)cc1. The van der Waals surface area contributed by atoms with Gasteiger partial charge in [-0.15, -0.1) is 0 Å². The third-order valence-corrected chi connectivity index (χ3v) is 9.40. The minimum atomic E-state index is -1.70. The number of ketones is 1. The van der Waals surface area contributed by atoms with Gasteiger partial charge < -0.3 is 53.6 Å². The molecule has 1 heterocycles. The monoisotopic (exact) mass is 766 g/mol. The van der Waals surface area contributed by atoms with Gasteiger partial charge in [-0.3, -0.25) is 28.8 Å². The van der Waals surface area contributed by atoms with Crippen LogP contribution in [0, 0.1) is 0 Å². The molecule has 1 saturated heterocycles. The summed E-state index contributed by atoms with van der Waals surface area (Å²) in [4.78, 5) is 78.5. The summed E-state index contributed by atoms with van der Waals surface area (Å²) < 4.78 is 5.17. The summed E-state index contributed by atoms with van der Waals surface area (Å²) in [7, 11) is 0. The second-order valence-corrected chi connectivity index (χ2v) is 14.2. The largest absolute Gasteiger partial charge is 0.391 e. The molecule has 16 nitrogen and oxygen atoms in total. The van der Waals surface area contributed by atoms with E-state index in [1.165, 1.54) is 19.4 Å². The van der Waals surface area contributed by atoms with Crippen molar-refractivity contribution in [2.24, 2.45) is 17.2 Å². The molecule has 0 aliphatic carbocycles. The molecule has 1 fully saturated rings. The zero-order valence-electron chi connectivity index (χ0n) is 32.2. The first-order valence-corrected chi connectivity index (χ1v) is 18.9. The molecule has 1 aliphatic rings. The average Bonchev–Trinajstić information content (AvgIpc) is 3.92. The lowest BCUT2D eigenvalue weighted by Crippen LogP contribution is -2.63. The molecule has 5 amide bonds. The van der Waals surface area contributed by atoms with E-state index in [1.54, 1.807) is 19.1 Å². The highest BCUT2D eigenvalue weighted by Gasteiger charge is 2.49. The van der Waals surface area contributed by atoms with Crippen LogP contribution in [0.1, 0.15) is 82.1 Å². The third-order valence-electron chi connectivity index (χ3n) is 9.40. The summed E-state index contributed by atoms with van der Waals surface area (Å²) in [5.41, 5.74) is 19.8. The Hall–Kier alpha value is -4.74. The molecule has 302 valence electrons. The number of unbranched alkanes of at least 4 members (excludes halogenated alkanes) is 2. The van der Waals surface area contributed by atoms with E-state index in [0.717, 1.165) is 30.4 Å². The lowest BCUT2D eigenvalue weighted by molar-refractivity contribution is -0.136. The van der Waals surface area contributed by atoms with Crippen LogP contribution < -0.4 is 43.8 Å². The molecule has 0 radical (unpaired) electrons. The van der Waals surface area contributed by atoms with Crippen molar-refractivity contribution in [3.63, 3.8) is 0 Å². The maximum atomic E-state index is 13.4. The summed E-state index contributed by atoms with van der Waals surface area (Å²) in [6, 6.07) is 10.4. The number of nitrogens with two attached hydrogens (primary N) is 3. The summed E-state index contributed by atoms with van der Waals surface area (Å²) in [5.74, 6) is -4.24.